The maximum atomic E-state index is 4.60. The van der Waals surface area contributed by atoms with Crippen LogP contribution in [-0.4, -0.2) is 24.1 Å². The summed E-state index contributed by atoms with van der Waals surface area (Å²) in [6.07, 6.45) is 3.79. The van der Waals surface area contributed by atoms with E-state index in [1.54, 1.807) is 0 Å². The molecule has 0 bridgehead atoms. The summed E-state index contributed by atoms with van der Waals surface area (Å²) in [6, 6.07) is 21.4. The van der Waals surface area contributed by atoms with Crippen LogP contribution in [0.4, 0.5) is 0 Å². The van der Waals surface area contributed by atoms with E-state index in [2.05, 4.69) is 64.3 Å². The second-order valence-electron chi connectivity index (χ2n) is 6.50. The van der Waals surface area contributed by atoms with Crippen molar-refractivity contribution in [3.8, 4) is 0 Å². The van der Waals surface area contributed by atoms with E-state index < -0.39 is 14.1 Å². The molecule has 0 spiro atoms. The van der Waals surface area contributed by atoms with E-state index in [1.807, 2.05) is 24.5 Å². The molecule has 24 heavy (non-hydrogen) atoms. The molecule has 4 rings (SSSR count). The lowest BCUT2D eigenvalue weighted by Crippen LogP contribution is -2.17. The highest BCUT2D eigenvalue weighted by atomic mass is 27.2. The van der Waals surface area contributed by atoms with Crippen molar-refractivity contribution in [2.75, 3.05) is 0 Å². The SMILES string of the molecule is [CH3][Al]([CH2]c1cccc2cccnc12)[CH2]c1cccc2cccnc12. The molecule has 0 amide bonds. The molecule has 0 unspecified atom stereocenters. The highest BCUT2D eigenvalue weighted by Gasteiger charge is 2.16. The Morgan fingerprint density at radius 3 is 1.62 bits per heavy atom. The van der Waals surface area contributed by atoms with Crippen LogP contribution in [0.3, 0.4) is 0 Å². The van der Waals surface area contributed by atoms with Gasteiger partial charge in [-0.1, -0.05) is 59.1 Å². The molecule has 0 radical (unpaired) electrons. The lowest BCUT2D eigenvalue weighted by atomic mass is 10.1. The normalized spacial score (nSPS) is 11.0. The van der Waals surface area contributed by atoms with Gasteiger partial charge in [0.1, 0.15) is 0 Å². The first-order valence-corrected chi connectivity index (χ1v) is 11.3. The van der Waals surface area contributed by atoms with Crippen molar-refractivity contribution in [3.05, 3.63) is 84.2 Å². The second-order valence-corrected chi connectivity index (χ2v) is 9.52. The van der Waals surface area contributed by atoms with Gasteiger partial charge >= 0.3 is 0 Å². The van der Waals surface area contributed by atoms with Crippen LogP contribution in [0.2, 0.25) is 5.79 Å². The molecule has 0 aliphatic rings. The molecule has 116 valence electrons. The van der Waals surface area contributed by atoms with Crippen LogP contribution >= 0.6 is 0 Å². The minimum absolute atomic E-state index is 0.951. The molecule has 0 atom stereocenters. The zero-order chi connectivity index (χ0) is 16.4. The van der Waals surface area contributed by atoms with Gasteiger partial charge in [-0.25, -0.2) is 0 Å². The Bertz CT molecular complexity index is 905. The monoisotopic (exact) mass is 326 g/mol. The molecular weight excluding hydrogens is 307 g/mol. The standard InChI is InChI=1S/2C10H8N.CH3.Al/c2*1-8-4-2-5-9-6-3-7-11-10(8)9;;/h2*2-7H,1H2;1H3;. The van der Waals surface area contributed by atoms with Crippen molar-refractivity contribution in [1.82, 2.24) is 9.97 Å². The number of rotatable bonds is 4. The van der Waals surface area contributed by atoms with E-state index in [9.17, 15) is 0 Å². The van der Waals surface area contributed by atoms with Crippen LogP contribution in [0.25, 0.3) is 21.8 Å². The average Bonchev–Trinajstić information content (AvgIpc) is 2.62. The highest BCUT2D eigenvalue weighted by molar-refractivity contribution is 6.56. The summed E-state index contributed by atoms with van der Waals surface area (Å²) in [5.74, 6) is 2.45. The van der Waals surface area contributed by atoms with Crippen molar-refractivity contribution in [1.29, 1.82) is 0 Å². The number of para-hydroxylation sites is 2. The topological polar surface area (TPSA) is 25.8 Å². The van der Waals surface area contributed by atoms with Crippen molar-refractivity contribution >= 4 is 36.0 Å². The summed E-state index contributed by atoms with van der Waals surface area (Å²) < 4.78 is 0. The fraction of sp³-hybridized carbons (Fsp3) is 0.143. The maximum absolute atomic E-state index is 4.60. The third-order valence-corrected chi connectivity index (χ3v) is 6.84. The third kappa shape index (κ3) is 3.06. The Morgan fingerprint density at radius 2 is 1.12 bits per heavy atom. The van der Waals surface area contributed by atoms with E-state index in [1.165, 1.54) is 21.9 Å². The quantitative estimate of drug-likeness (QED) is 0.505. The van der Waals surface area contributed by atoms with Crippen LogP contribution in [0.15, 0.2) is 73.1 Å². The van der Waals surface area contributed by atoms with Gasteiger partial charge in [0.2, 0.25) is 0 Å². The number of hydrogen-bond donors (Lipinski definition) is 0. The summed E-state index contributed by atoms with van der Waals surface area (Å²) in [6.45, 7) is 0. The van der Waals surface area contributed by atoms with E-state index >= 15 is 0 Å². The van der Waals surface area contributed by atoms with Gasteiger partial charge in [0.05, 0.1) is 11.0 Å². The van der Waals surface area contributed by atoms with Crippen molar-refractivity contribution in [3.63, 3.8) is 0 Å². The smallest absolute Gasteiger partial charge is 0.256 e. The van der Waals surface area contributed by atoms with Crippen LogP contribution in [-0.2, 0) is 10.6 Å². The van der Waals surface area contributed by atoms with Crippen LogP contribution in [0.1, 0.15) is 11.1 Å². The predicted molar refractivity (Wildman–Crippen MR) is 103 cm³/mol. The average molecular weight is 326 g/mol. The zero-order valence-corrected chi connectivity index (χ0v) is 15.0. The molecular formula is C21H19AlN2. The number of nitrogens with zero attached hydrogens (tertiary/aromatic N) is 2. The molecule has 2 heterocycles. The Kier molecular flexibility index (Phi) is 4.30. The van der Waals surface area contributed by atoms with Crippen molar-refractivity contribution in [2.45, 2.75) is 16.4 Å². The number of hydrogen-bond acceptors (Lipinski definition) is 2. The molecule has 2 aromatic carbocycles. The predicted octanol–water partition coefficient (Wildman–Crippen LogP) is 4.77. The Balaban J connectivity index is 1.61. The summed E-state index contributed by atoms with van der Waals surface area (Å²) in [7, 11) is 0. The van der Waals surface area contributed by atoms with E-state index in [0.717, 1.165) is 21.6 Å². The Morgan fingerprint density at radius 1 is 0.667 bits per heavy atom. The van der Waals surface area contributed by atoms with Crippen LogP contribution in [0, 0.1) is 0 Å². The molecule has 0 aliphatic carbocycles. The van der Waals surface area contributed by atoms with Crippen molar-refractivity contribution < 1.29 is 0 Å². The molecule has 3 heteroatoms. The second kappa shape index (κ2) is 6.73. The lowest BCUT2D eigenvalue weighted by Gasteiger charge is -2.11. The maximum Gasteiger partial charge on any atom is 0.269 e. The van der Waals surface area contributed by atoms with Gasteiger partial charge in [0.15, 0.2) is 0 Å². The molecule has 0 N–H and O–H groups in total. The van der Waals surface area contributed by atoms with E-state index in [0.29, 0.717) is 0 Å². The molecule has 0 aliphatic heterocycles. The zero-order valence-electron chi connectivity index (χ0n) is 13.8. The molecule has 2 aromatic heterocycles. The first-order chi connectivity index (χ1) is 11.8. The minimum Gasteiger partial charge on any atom is -0.256 e. The third-order valence-electron chi connectivity index (χ3n) is 4.57. The number of benzene rings is 2. The minimum atomic E-state index is -0.951. The first-order valence-electron chi connectivity index (χ1n) is 8.46. The Labute approximate surface area is 146 Å². The summed E-state index contributed by atoms with van der Waals surface area (Å²) >= 11 is -0.951. The van der Waals surface area contributed by atoms with E-state index in [-0.39, 0.29) is 0 Å². The molecule has 4 aromatic rings. The van der Waals surface area contributed by atoms with Gasteiger partial charge in [-0.05, 0) is 23.3 Å². The summed E-state index contributed by atoms with van der Waals surface area (Å²) in [4.78, 5) is 9.20. The summed E-state index contributed by atoms with van der Waals surface area (Å²) in [5, 5.41) is 4.81. The van der Waals surface area contributed by atoms with Gasteiger partial charge in [0, 0.05) is 23.2 Å². The van der Waals surface area contributed by atoms with Gasteiger partial charge in [-0.2, -0.15) is 0 Å². The van der Waals surface area contributed by atoms with Crippen LogP contribution in [0.5, 0.6) is 0 Å². The van der Waals surface area contributed by atoms with Gasteiger partial charge in [-0.3, -0.25) is 9.97 Å². The largest absolute Gasteiger partial charge is 0.269 e. The van der Waals surface area contributed by atoms with Crippen molar-refractivity contribution in [2.24, 2.45) is 0 Å². The number of pyridine rings is 2. The molecule has 0 saturated carbocycles. The molecule has 0 saturated heterocycles. The van der Waals surface area contributed by atoms with Gasteiger partial charge in [0.25, 0.3) is 14.1 Å². The molecule has 2 nitrogen and oxygen atoms in total. The van der Waals surface area contributed by atoms with Gasteiger partial charge < -0.3 is 0 Å². The Hall–Kier alpha value is -2.21. The molecule has 0 fully saturated rings. The fourth-order valence-corrected chi connectivity index (χ4v) is 5.79. The first kappa shape index (κ1) is 15.3. The number of fused-ring (bicyclic) bond motifs is 2. The lowest BCUT2D eigenvalue weighted by molar-refractivity contribution is 1.25. The summed E-state index contributed by atoms with van der Waals surface area (Å²) in [5.41, 5.74) is 5.10. The van der Waals surface area contributed by atoms with E-state index in [4.69, 9.17) is 0 Å². The van der Waals surface area contributed by atoms with Gasteiger partial charge in [-0.15, -0.1) is 5.79 Å². The van der Waals surface area contributed by atoms with Crippen LogP contribution < -0.4 is 0 Å². The number of aromatic nitrogens is 2. The fourth-order valence-electron chi connectivity index (χ4n) is 3.49. The highest BCUT2D eigenvalue weighted by Crippen LogP contribution is 2.20.